The molecule has 7 nitrogen and oxygen atoms in total. The lowest BCUT2D eigenvalue weighted by atomic mass is 10.1. The third kappa shape index (κ3) is 4.36. The summed E-state index contributed by atoms with van der Waals surface area (Å²) in [7, 11) is -3.08. The Hall–Kier alpha value is -1.96. The van der Waals surface area contributed by atoms with Gasteiger partial charge < -0.3 is 9.80 Å². The Morgan fingerprint density at radius 2 is 1.68 bits per heavy atom. The van der Waals surface area contributed by atoms with Crippen LogP contribution in [0.1, 0.15) is 47.9 Å². The molecule has 1 saturated heterocycles. The summed E-state index contributed by atoms with van der Waals surface area (Å²) < 4.78 is 23.4. The highest BCUT2D eigenvalue weighted by atomic mass is 32.2. The van der Waals surface area contributed by atoms with Crippen LogP contribution in [0.2, 0.25) is 0 Å². The largest absolute Gasteiger partial charge is 0.339 e. The molecule has 1 aliphatic rings. The molecule has 2 heterocycles. The van der Waals surface area contributed by atoms with E-state index in [1.54, 1.807) is 15.9 Å². The van der Waals surface area contributed by atoms with Crippen LogP contribution < -0.4 is 0 Å². The van der Waals surface area contributed by atoms with E-state index in [0.29, 0.717) is 37.2 Å². The number of hydrogen-bond donors (Lipinski definition) is 0. The Balaban J connectivity index is 2.24. The molecule has 0 radical (unpaired) electrons. The van der Waals surface area contributed by atoms with Crippen LogP contribution in [0.5, 0.6) is 0 Å². The third-order valence-corrected chi connectivity index (χ3v) is 6.28. The highest BCUT2D eigenvalue weighted by molar-refractivity contribution is 7.91. The fraction of sp³-hybridized carbons (Fsp3) is 0.588. The van der Waals surface area contributed by atoms with E-state index in [-0.39, 0.29) is 29.4 Å². The SMILES string of the molecule is CCN(CC)C(=O)c1cncc(C(=O)N(CC)C2CCS(=O)(=O)C2)c1. The van der Waals surface area contributed by atoms with Gasteiger partial charge in [0.25, 0.3) is 11.8 Å². The topological polar surface area (TPSA) is 87.7 Å². The number of sulfone groups is 1. The van der Waals surface area contributed by atoms with Crippen molar-refractivity contribution in [3.05, 3.63) is 29.6 Å². The number of carbonyl (C=O) groups is 2. The van der Waals surface area contributed by atoms with Gasteiger partial charge in [-0.05, 0) is 33.3 Å². The molecule has 1 unspecified atom stereocenters. The zero-order valence-electron chi connectivity index (χ0n) is 14.9. The summed E-state index contributed by atoms with van der Waals surface area (Å²) in [6.07, 6.45) is 3.33. The Morgan fingerprint density at radius 3 is 2.16 bits per heavy atom. The molecule has 8 heteroatoms. The highest BCUT2D eigenvalue weighted by Gasteiger charge is 2.34. The predicted octanol–water partition coefficient (Wildman–Crippen LogP) is 1.21. The van der Waals surface area contributed by atoms with Gasteiger partial charge in [0.15, 0.2) is 9.84 Å². The van der Waals surface area contributed by atoms with Gasteiger partial charge in [-0.3, -0.25) is 14.6 Å². The van der Waals surface area contributed by atoms with Gasteiger partial charge in [0.05, 0.1) is 22.6 Å². The maximum Gasteiger partial charge on any atom is 0.255 e. The summed E-state index contributed by atoms with van der Waals surface area (Å²) >= 11 is 0. The molecular formula is C17H25N3O4S. The minimum absolute atomic E-state index is 0.00191. The van der Waals surface area contributed by atoms with Crippen molar-refractivity contribution in [1.29, 1.82) is 0 Å². The maximum absolute atomic E-state index is 12.8. The number of nitrogens with zero attached hydrogens (tertiary/aromatic N) is 3. The van der Waals surface area contributed by atoms with Crippen molar-refractivity contribution in [2.45, 2.75) is 33.2 Å². The minimum atomic E-state index is -3.08. The fourth-order valence-electron chi connectivity index (χ4n) is 3.12. The average Bonchev–Trinajstić information content (AvgIpc) is 2.96. The van der Waals surface area contributed by atoms with Crippen molar-refractivity contribution in [2.75, 3.05) is 31.1 Å². The Morgan fingerprint density at radius 1 is 1.08 bits per heavy atom. The van der Waals surface area contributed by atoms with Crippen LogP contribution >= 0.6 is 0 Å². The fourth-order valence-corrected chi connectivity index (χ4v) is 4.85. The van der Waals surface area contributed by atoms with Crippen LogP contribution in [0, 0.1) is 0 Å². The molecular weight excluding hydrogens is 342 g/mol. The molecule has 0 spiro atoms. The number of pyridine rings is 1. The van der Waals surface area contributed by atoms with E-state index in [4.69, 9.17) is 0 Å². The molecule has 0 aliphatic carbocycles. The summed E-state index contributed by atoms with van der Waals surface area (Å²) in [5, 5.41) is 0. The Kier molecular flexibility index (Phi) is 6.16. The Labute approximate surface area is 148 Å². The van der Waals surface area contributed by atoms with Gasteiger partial charge in [-0.1, -0.05) is 0 Å². The highest BCUT2D eigenvalue weighted by Crippen LogP contribution is 2.20. The molecule has 0 bridgehead atoms. The van der Waals surface area contributed by atoms with E-state index >= 15 is 0 Å². The van der Waals surface area contributed by atoms with Crippen LogP contribution in [0.15, 0.2) is 18.5 Å². The van der Waals surface area contributed by atoms with Crippen LogP contribution in [0.4, 0.5) is 0 Å². The van der Waals surface area contributed by atoms with Crippen molar-refractivity contribution in [1.82, 2.24) is 14.8 Å². The lowest BCUT2D eigenvalue weighted by molar-refractivity contribution is 0.0708. The molecule has 1 aliphatic heterocycles. The summed E-state index contributed by atoms with van der Waals surface area (Å²) in [5.74, 6) is -0.344. The standard InChI is InChI=1S/C17H25N3O4S/c1-4-19(5-2)16(21)13-9-14(11-18-10-13)17(22)20(6-3)15-7-8-25(23,24)12-15/h9-11,15H,4-8,12H2,1-3H3. The van der Waals surface area contributed by atoms with Crippen molar-refractivity contribution in [2.24, 2.45) is 0 Å². The van der Waals surface area contributed by atoms with Crippen molar-refractivity contribution in [3.63, 3.8) is 0 Å². The van der Waals surface area contributed by atoms with Crippen LogP contribution in [0.25, 0.3) is 0 Å². The predicted molar refractivity (Wildman–Crippen MR) is 95.3 cm³/mol. The first-order valence-electron chi connectivity index (χ1n) is 8.58. The van der Waals surface area contributed by atoms with E-state index in [0.717, 1.165) is 0 Å². The Bertz CT molecular complexity index is 744. The molecule has 1 fully saturated rings. The van der Waals surface area contributed by atoms with Crippen LogP contribution in [-0.4, -0.2) is 72.2 Å². The van der Waals surface area contributed by atoms with Crippen molar-refractivity contribution in [3.8, 4) is 0 Å². The molecule has 1 atom stereocenters. The van der Waals surface area contributed by atoms with Gasteiger partial charge in [-0.2, -0.15) is 0 Å². The van der Waals surface area contributed by atoms with Gasteiger partial charge in [0.2, 0.25) is 0 Å². The number of rotatable bonds is 6. The second-order valence-electron chi connectivity index (χ2n) is 6.09. The second-order valence-corrected chi connectivity index (χ2v) is 8.32. The number of carbonyl (C=O) groups excluding carboxylic acids is 2. The maximum atomic E-state index is 12.8. The summed E-state index contributed by atoms with van der Waals surface area (Å²) in [6.45, 7) is 7.17. The van der Waals surface area contributed by atoms with Gasteiger partial charge in [-0.25, -0.2) is 8.42 Å². The summed E-state index contributed by atoms with van der Waals surface area (Å²) in [6, 6.07) is 1.23. The smallest absolute Gasteiger partial charge is 0.255 e. The summed E-state index contributed by atoms with van der Waals surface area (Å²) in [5.41, 5.74) is 0.675. The van der Waals surface area contributed by atoms with Gasteiger partial charge >= 0.3 is 0 Å². The zero-order chi connectivity index (χ0) is 18.6. The van der Waals surface area contributed by atoms with Gasteiger partial charge in [0, 0.05) is 38.1 Å². The third-order valence-electron chi connectivity index (χ3n) is 4.53. The molecule has 0 aromatic carbocycles. The molecule has 138 valence electrons. The van der Waals surface area contributed by atoms with Crippen molar-refractivity contribution >= 4 is 21.7 Å². The van der Waals surface area contributed by atoms with E-state index in [1.807, 2.05) is 20.8 Å². The second kappa shape index (κ2) is 7.95. The molecule has 0 saturated carbocycles. The van der Waals surface area contributed by atoms with E-state index in [1.165, 1.54) is 12.4 Å². The first-order valence-corrected chi connectivity index (χ1v) is 10.4. The molecule has 0 N–H and O–H groups in total. The molecule has 2 rings (SSSR count). The van der Waals surface area contributed by atoms with E-state index < -0.39 is 9.84 Å². The minimum Gasteiger partial charge on any atom is -0.339 e. The normalized spacial score (nSPS) is 18.8. The quantitative estimate of drug-likeness (QED) is 0.754. The molecule has 25 heavy (non-hydrogen) atoms. The van der Waals surface area contributed by atoms with Crippen LogP contribution in [-0.2, 0) is 9.84 Å². The first-order chi connectivity index (χ1) is 11.8. The number of hydrogen-bond acceptors (Lipinski definition) is 5. The number of amides is 2. The van der Waals surface area contributed by atoms with Crippen molar-refractivity contribution < 1.29 is 18.0 Å². The molecule has 2 amide bonds. The van der Waals surface area contributed by atoms with Gasteiger partial charge in [-0.15, -0.1) is 0 Å². The molecule has 1 aromatic rings. The van der Waals surface area contributed by atoms with E-state index in [9.17, 15) is 18.0 Å². The first kappa shape index (κ1) is 19.4. The van der Waals surface area contributed by atoms with Crippen LogP contribution in [0.3, 0.4) is 0 Å². The summed E-state index contributed by atoms with van der Waals surface area (Å²) in [4.78, 5) is 32.5. The monoisotopic (exact) mass is 367 g/mol. The zero-order valence-corrected chi connectivity index (χ0v) is 15.8. The average molecular weight is 367 g/mol. The lowest BCUT2D eigenvalue weighted by Crippen LogP contribution is -2.41. The van der Waals surface area contributed by atoms with Gasteiger partial charge in [0.1, 0.15) is 0 Å². The lowest BCUT2D eigenvalue weighted by Gasteiger charge is -2.27. The van der Waals surface area contributed by atoms with E-state index in [2.05, 4.69) is 4.98 Å². The molecule has 1 aromatic heterocycles. The number of aromatic nitrogens is 1.